The average Bonchev–Trinajstić information content (AvgIpc) is 2.48. The lowest BCUT2D eigenvalue weighted by atomic mass is 10.2. The molecular formula is C15H17ClN2O3S. The van der Waals surface area contributed by atoms with Crippen molar-refractivity contribution in [1.29, 1.82) is 0 Å². The minimum Gasteiger partial charge on any atom is -0.492 e. The Kier molecular flexibility index (Phi) is 5.26. The highest BCUT2D eigenvalue weighted by atomic mass is 35.5. The fraction of sp³-hybridized carbons (Fsp3) is 0.267. The van der Waals surface area contributed by atoms with Crippen LogP contribution in [0.25, 0.3) is 0 Å². The fourth-order valence-electron chi connectivity index (χ4n) is 1.79. The third-order valence-electron chi connectivity index (χ3n) is 2.88. The number of rotatable bonds is 6. The van der Waals surface area contributed by atoms with Crippen LogP contribution in [0.3, 0.4) is 0 Å². The van der Waals surface area contributed by atoms with Crippen molar-refractivity contribution in [2.45, 2.75) is 25.2 Å². The summed E-state index contributed by atoms with van der Waals surface area (Å²) in [5, 5.41) is 0.366. The molecule has 2 rings (SSSR count). The van der Waals surface area contributed by atoms with Crippen LogP contribution in [0.1, 0.15) is 18.9 Å². The summed E-state index contributed by atoms with van der Waals surface area (Å²) >= 11 is 6.07. The number of halogens is 1. The molecule has 1 N–H and O–H groups in total. The van der Waals surface area contributed by atoms with E-state index in [0.29, 0.717) is 11.6 Å². The highest BCUT2D eigenvalue weighted by Gasteiger charge is 2.22. The Labute approximate surface area is 135 Å². The van der Waals surface area contributed by atoms with Crippen LogP contribution in [0.15, 0.2) is 41.4 Å². The summed E-state index contributed by atoms with van der Waals surface area (Å²) in [5.41, 5.74) is 0.754. The first-order valence-electron chi connectivity index (χ1n) is 6.81. The summed E-state index contributed by atoms with van der Waals surface area (Å²) in [6.45, 7) is 4.17. The lowest BCUT2D eigenvalue weighted by molar-refractivity contribution is 0.309. The molecule has 118 valence electrons. The number of sulfonamides is 1. The highest BCUT2D eigenvalue weighted by Crippen LogP contribution is 2.31. The Bertz CT molecular complexity index is 749. The molecule has 0 aliphatic carbocycles. The van der Waals surface area contributed by atoms with Gasteiger partial charge >= 0.3 is 0 Å². The van der Waals surface area contributed by atoms with Gasteiger partial charge in [0.25, 0.3) is 10.0 Å². The maximum absolute atomic E-state index is 12.6. The van der Waals surface area contributed by atoms with E-state index in [1.165, 1.54) is 12.3 Å². The van der Waals surface area contributed by atoms with Gasteiger partial charge in [-0.25, -0.2) is 13.4 Å². The molecule has 0 spiro atoms. The van der Waals surface area contributed by atoms with Crippen LogP contribution in [0.2, 0.25) is 5.02 Å². The Morgan fingerprint density at radius 3 is 2.73 bits per heavy atom. The molecule has 1 aromatic heterocycles. The van der Waals surface area contributed by atoms with E-state index in [0.717, 1.165) is 12.0 Å². The minimum atomic E-state index is -3.84. The summed E-state index contributed by atoms with van der Waals surface area (Å²) in [6.07, 6.45) is 2.28. The van der Waals surface area contributed by atoms with E-state index in [9.17, 15) is 8.42 Å². The number of hydrogen-bond donors (Lipinski definition) is 1. The zero-order valence-electron chi connectivity index (χ0n) is 12.3. The molecule has 0 unspecified atom stereocenters. The smallest absolute Gasteiger partial charge is 0.266 e. The van der Waals surface area contributed by atoms with Crippen LogP contribution >= 0.6 is 11.6 Å². The summed E-state index contributed by atoms with van der Waals surface area (Å²) < 4.78 is 33.1. The molecule has 0 saturated heterocycles. The van der Waals surface area contributed by atoms with Crippen LogP contribution in [-0.2, 0) is 10.0 Å². The van der Waals surface area contributed by atoms with Crippen molar-refractivity contribution in [2.24, 2.45) is 0 Å². The van der Waals surface area contributed by atoms with E-state index in [1.807, 2.05) is 6.92 Å². The number of nitrogens with one attached hydrogen (secondary N) is 1. The molecule has 22 heavy (non-hydrogen) atoms. The SMILES string of the molecule is CCCOc1cc(C)c(Cl)cc1S(=O)(=O)Nc1ccccn1. The molecule has 0 amide bonds. The van der Waals surface area contributed by atoms with Gasteiger partial charge in [0.05, 0.1) is 6.61 Å². The summed E-state index contributed by atoms with van der Waals surface area (Å²) in [7, 11) is -3.84. The molecule has 0 bridgehead atoms. The van der Waals surface area contributed by atoms with Gasteiger partial charge < -0.3 is 4.74 Å². The Morgan fingerprint density at radius 2 is 2.09 bits per heavy atom. The first kappa shape index (κ1) is 16.6. The van der Waals surface area contributed by atoms with Crippen molar-refractivity contribution in [3.63, 3.8) is 0 Å². The lowest BCUT2D eigenvalue weighted by Crippen LogP contribution is -2.15. The predicted octanol–water partition coefficient (Wildman–Crippen LogP) is 3.63. The van der Waals surface area contributed by atoms with Crippen molar-refractivity contribution in [1.82, 2.24) is 4.98 Å². The van der Waals surface area contributed by atoms with Crippen molar-refractivity contribution >= 4 is 27.4 Å². The zero-order chi connectivity index (χ0) is 16.2. The minimum absolute atomic E-state index is 0.00204. The fourth-order valence-corrected chi connectivity index (χ4v) is 3.18. The number of anilines is 1. The highest BCUT2D eigenvalue weighted by molar-refractivity contribution is 7.92. The molecule has 0 fully saturated rings. The molecule has 2 aromatic rings. The Hall–Kier alpha value is -1.79. The van der Waals surface area contributed by atoms with Crippen molar-refractivity contribution in [2.75, 3.05) is 11.3 Å². The van der Waals surface area contributed by atoms with Gasteiger partial charge in [0.15, 0.2) is 0 Å². The van der Waals surface area contributed by atoms with Crippen molar-refractivity contribution < 1.29 is 13.2 Å². The number of hydrogen-bond acceptors (Lipinski definition) is 4. The molecule has 0 radical (unpaired) electrons. The van der Waals surface area contributed by atoms with Crippen LogP contribution in [-0.4, -0.2) is 20.0 Å². The molecule has 5 nitrogen and oxygen atoms in total. The topological polar surface area (TPSA) is 68.3 Å². The Balaban J connectivity index is 2.42. The monoisotopic (exact) mass is 340 g/mol. The van der Waals surface area contributed by atoms with E-state index in [1.54, 1.807) is 31.2 Å². The van der Waals surface area contributed by atoms with Gasteiger partial charge in [0, 0.05) is 11.2 Å². The summed E-state index contributed by atoms with van der Waals surface area (Å²) in [4.78, 5) is 3.96. The molecule has 0 atom stereocenters. The normalized spacial score (nSPS) is 11.2. The van der Waals surface area contributed by atoms with Gasteiger partial charge in [0.2, 0.25) is 0 Å². The zero-order valence-corrected chi connectivity index (χ0v) is 13.9. The van der Waals surface area contributed by atoms with Crippen molar-refractivity contribution in [3.8, 4) is 5.75 Å². The molecule has 1 heterocycles. The number of aryl methyl sites for hydroxylation is 1. The second kappa shape index (κ2) is 6.98. The molecule has 7 heteroatoms. The van der Waals surface area contributed by atoms with E-state index in [2.05, 4.69) is 9.71 Å². The second-order valence-corrected chi connectivity index (χ2v) is 6.78. The van der Waals surface area contributed by atoms with Crippen LogP contribution in [0.4, 0.5) is 5.82 Å². The standard InChI is InChI=1S/C15H17ClN2O3S/c1-3-8-21-13-9-11(2)12(16)10-14(13)22(19,20)18-15-6-4-5-7-17-15/h4-7,9-10H,3,8H2,1-2H3,(H,17,18). The van der Waals surface area contributed by atoms with Crippen molar-refractivity contribution in [3.05, 3.63) is 47.1 Å². The Morgan fingerprint density at radius 1 is 1.32 bits per heavy atom. The number of ether oxygens (including phenoxy) is 1. The first-order valence-corrected chi connectivity index (χ1v) is 8.67. The third-order valence-corrected chi connectivity index (χ3v) is 4.66. The van der Waals surface area contributed by atoms with E-state index in [4.69, 9.17) is 16.3 Å². The number of aromatic nitrogens is 1. The third kappa shape index (κ3) is 3.90. The number of nitrogens with zero attached hydrogens (tertiary/aromatic N) is 1. The van der Waals surface area contributed by atoms with Gasteiger partial charge in [-0.15, -0.1) is 0 Å². The molecule has 0 aliphatic heterocycles. The maximum Gasteiger partial charge on any atom is 0.266 e. The summed E-state index contributed by atoms with van der Waals surface area (Å²) in [5.74, 6) is 0.521. The van der Waals surface area contributed by atoms with E-state index < -0.39 is 10.0 Å². The molecule has 0 aliphatic rings. The van der Waals surface area contributed by atoms with E-state index >= 15 is 0 Å². The maximum atomic E-state index is 12.6. The lowest BCUT2D eigenvalue weighted by Gasteiger charge is -2.14. The second-order valence-electron chi connectivity index (χ2n) is 4.72. The number of benzene rings is 1. The molecule has 0 saturated carbocycles. The number of pyridine rings is 1. The predicted molar refractivity (Wildman–Crippen MR) is 87.0 cm³/mol. The largest absolute Gasteiger partial charge is 0.492 e. The van der Waals surface area contributed by atoms with Gasteiger partial charge in [-0.3, -0.25) is 4.72 Å². The molecular weight excluding hydrogens is 324 g/mol. The quantitative estimate of drug-likeness (QED) is 0.871. The average molecular weight is 341 g/mol. The van der Waals surface area contributed by atoms with Gasteiger partial charge in [-0.05, 0) is 43.2 Å². The van der Waals surface area contributed by atoms with Gasteiger partial charge in [-0.2, -0.15) is 0 Å². The van der Waals surface area contributed by atoms with Gasteiger partial charge in [-0.1, -0.05) is 24.6 Å². The van der Waals surface area contributed by atoms with E-state index in [-0.39, 0.29) is 16.5 Å². The molecule has 1 aromatic carbocycles. The van der Waals surface area contributed by atoms with Crippen LogP contribution in [0.5, 0.6) is 5.75 Å². The van der Waals surface area contributed by atoms with Crippen LogP contribution < -0.4 is 9.46 Å². The van der Waals surface area contributed by atoms with Crippen LogP contribution in [0, 0.1) is 6.92 Å². The summed E-state index contributed by atoms with van der Waals surface area (Å²) in [6, 6.07) is 8.00. The first-order chi connectivity index (χ1) is 10.4. The van der Waals surface area contributed by atoms with Gasteiger partial charge in [0.1, 0.15) is 16.5 Å².